The van der Waals surface area contributed by atoms with E-state index in [4.69, 9.17) is 14.2 Å². The molecule has 2 aromatic carbocycles. The second-order valence-electron chi connectivity index (χ2n) is 6.51. The van der Waals surface area contributed by atoms with E-state index in [1.54, 1.807) is 24.3 Å². The number of nitrogens with one attached hydrogen (secondary N) is 1. The van der Waals surface area contributed by atoms with Crippen molar-refractivity contribution in [2.24, 2.45) is 0 Å². The van der Waals surface area contributed by atoms with E-state index in [1.807, 2.05) is 12.1 Å². The van der Waals surface area contributed by atoms with Crippen LogP contribution in [0.3, 0.4) is 0 Å². The summed E-state index contributed by atoms with van der Waals surface area (Å²) < 4.78 is 15.5. The predicted molar refractivity (Wildman–Crippen MR) is 98.0 cm³/mol. The molecule has 1 N–H and O–H groups in total. The number of rotatable bonds is 4. The summed E-state index contributed by atoms with van der Waals surface area (Å²) >= 11 is 0. The molecule has 0 saturated heterocycles. The number of benzene rings is 2. The summed E-state index contributed by atoms with van der Waals surface area (Å²) in [6, 6.07) is 11.0. The van der Waals surface area contributed by atoms with Crippen molar-refractivity contribution in [1.29, 1.82) is 0 Å². The van der Waals surface area contributed by atoms with Gasteiger partial charge in [0.25, 0.3) is 0 Å². The van der Waals surface area contributed by atoms with Gasteiger partial charge in [0.15, 0.2) is 11.5 Å². The van der Waals surface area contributed by atoms with Gasteiger partial charge in [0.2, 0.25) is 12.7 Å². The van der Waals surface area contributed by atoms with Gasteiger partial charge >= 0.3 is 5.97 Å². The van der Waals surface area contributed by atoms with E-state index >= 15 is 0 Å². The zero-order valence-electron chi connectivity index (χ0n) is 15.0. The predicted octanol–water partition coefficient (Wildman–Crippen LogP) is 2.20. The molecule has 2 aliphatic rings. The molecule has 0 bridgehead atoms. The Balaban J connectivity index is 1.40. The Morgan fingerprint density at radius 1 is 1.19 bits per heavy atom. The molecule has 0 fully saturated rings. The topological polar surface area (TPSA) is 77.1 Å². The maximum atomic E-state index is 12.4. The molecule has 0 saturated carbocycles. The minimum Gasteiger partial charge on any atom is -0.465 e. The molecule has 0 aromatic heterocycles. The number of carbonyl (C=O) groups excluding carboxylic acids is 2. The number of fused-ring (bicyclic) bond motifs is 2. The molecule has 7 nitrogen and oxygen atoms in total. The molecular weight excluding hydrogens is 348 g/mol. The molecular formula is C20H20N2O5. The Hall–Kier alpha value is -3.06. The summed E-state index contributed by atoms with van der Waals surface area (Å²) in [5.41, 5.74) is 3.35. The number of hydrogen-bond acceptors (Lipinski definition) is 6. The third-order valence-corrected chi connectivity index (χ3v) is 4.77. The van der Waals surface area contributed by atoms with Gasteiger partial charge in [-0.3, -0.25) is 9.69 Å². The van der Waals surface area contributed by atoms with E-state index in [0.717, 1.165) is 11.1 Å². The number of carbonyl (C=O) groups is 2. The quantitative estimate of drug-likeness (QED) is 0.834. The van der Waals surface area contributed by atoms with Crippen LogP contribution in [-0.2, 0) is 22.5 Å². The van der Waals surface area contributed by atoms with Crippen molar-refractivity contribution in [2.75, 3.05) is 32.3 Å². The average molecular weight is 368 g/mol. The highest BCUT2D eigenvalue weighted by Crippen LogP contribution is 2.34. The Morgan fingerprint density at radius 2 is 2.04 bits per heavy atom. The lowest BCUT2D eigenvalue weighted by Gasteiger charge is -2.29. The molecule has 1 amide bonds. The van der Waals surface area contributed by atoms with Gasteiger partial charge < -0.3 is 19.5 Å². The Morgan fingerprint density at radius 3 is 2.89 bits per heavy atom. The first-order valence-corrected chi connectivity index (χ1v) is 8.75. The molecule has 2 aliphatic heterocycles. The fraction of sp³-hybridized carbons (Fsp3) is 0.300. The minimum absolute atomic E-state index is 0.0959. The van der Waals surface area contributed by atoms with Gasteiger partial charge in [-0.1, -0.05) is 12.1 Å². The number of amides is 1. The molecule has 2 heterocycles. The van der Waals surface area contributed by atoms with Gasteiger partial charge in [0.05, 0.1) is 19.2 Å². The number of ether oxygens (including phenoxy) is 3. The summed E-state index contributed by atoms with van der Waals surface area (Å²) in [6.07, 6.45) is 0.706. The van der Waals surface area contributed by atoms with Gasteiger partial charge in [-0.2, -0.15) is 0 Å². The van der Waals surface area contributed by atoms with Gasteiger partial charge in [0.1, 0.15) is 0 Å². The molecule has 2 aromatic rings. The van der Waals surface area contributed by atoms with Crippen molar-refractivity contribution in [1.82, 2.24) is 4.90 Å². The molecule has 0 unspecified atom stereocenters. The smallest absolute Gasteiger partial charge is 0.338 e. The first-order valence-electron chi connectivity index (χ1n) is 8.75. The lowest BCUT2D eigenvalue weighted by Crippen LogP contribution is -2.37. The number of anilines is 1. The fourth-order valence-electron chi connectivity index (χ4n) is 3.48. The van der Waals surface area contributed by atoms with Gasteiger partial charge in [-0.05, 0) is 35.7 Å². The molecule has 140 valence electrons. The number of methoxy groups -OCH3 is 1. The number of nitrogens with zero attached hydrogens (tertiary/aromatic N) is 1. The molecule has 0 atom stereocenters. The summed E-state index contributed by atoms with van der Waals surface area (Å²) in [5.74, 6) is 0.902. The van der Waals surface area contributed by atoms with E-state index in [-0.39, 0.29) is 25.2 Å². The van der Waals surface area contributed by atoms with Gasteiger partial charge in [-0.25, -0.2) is 4.79 Å². The normalized spacial score (nSPS) is 15.1. The van der Waals surface area contributed by atoms with Crippen LogP contribution in [0.1, 0.15) is 21.5 Å². The van der Waals surface area contributed by atoms with Crippen LogP contribution in [0, 0.1) is 0 Å². The van der Waals surface area contributed by atoms with Crippen molar-refractivity contribution in [3.63, 3.8) is 0 Å². The molecule has 0 aliphatic carbocycles. The van der Waals surface area contributed by atoms with Crippen LogP contribution >= 0.6 is 0 Å². The van der Waals surface area contributed by atoms with Crippen LogP contribution in [0.5, 0.6) is 11.5 Å². The Bertz CT molecular complexity index is 896. The van der Waals surface area contributed by atoms with Crippen LogP contribution in [-0.4, -0.2) is 43.8 Å². The summed E-state index contributed by atoms with van der Waals surface area (Å²) in [7, 11) is 1.39. The highest BCUT2D eigenvalue weighted by atomic mass is 16.7. The summed E-state index contributed by atoms with van der Waals surface area (Å²) in [6.45, 7) is 1.80. The third kappa shape index (κ3) is 3.59. The number of esters is 1. The SMILES string of the molecule is COC(=O)c1cccc2c1CCN(CC(=O)Nc1ccc3c(c1)OCO3)C2. The standard InChI is InChI=1S/C20H20N2O5/c1-25-20(24)16-4-2-3-13-10-22(8-7-15(13)16)11-19(23)21-14-5-6-17-18(9-14)27-12-26-17/h2-6,9H,7-8,10-12H2,1H3,(H,21,23). The Labute approximate surface area is 156 Å². The van der Waals surface area contributed by atoms with Crippen LogP contribution in [0.4, 0.5) is 5.69 Å². The highest BCUT2D eigenvalue weighted by molar-refractivity contribution is 5.93. The number of hydrogen-bond donors (Lipinski definition) is 1. The maximum Gasteiger partial charge on any atom is 0.338 e. The van der Waals surface area contributed by atoms with Crippen LogP contribution in [0.25, 0.3) is 0 Å². The maximum absolute atomic E-state index is 12.4. The molecule has 4 rings (SSSR count). The van der Waals surface area contributed by atoms with Crippen LogP contribution in [0.2, 0.25) is 0 Å². The second-order valence-corrected chi connectivity index (χ2v) is 6.51. The fourth-order valence-corrected chi connectivity index (χ4v) is 3.48. The van der Waals surface area contributed by atoms with E-state index in [1.165, 1.54) is 7.11 Å². The van der Waals surface area contributed by atoms with Crippen molar-refractivity contribution in [2.45, 2.75) is 13.0 Å². The molecule has 7 heteroatoms. The Kier molecular flexibility index (Phi) is 4.68. The summed E-state index contributed by atoms with van der Waals surface area (Å²) in [5, 5.41) is 2.89. The van der Waals surface area contributed by atoms with Crippen molar-refractivity contribution >= 4 is 17.6 Å². The largest absolute Gasteiger partial charge is 0.465 e. The summed E-state index contributed by atoms with van der Waals surface area (Å²) in [4.78, 5) is 26.4. The third-order valence-electron chi connectivity index (χ3n) is 4.77. The minimum atomic E-state index is -0.319. The van der Waals surface area contributed by atoms with Crippen molar-refractivity contribution in [3.05, 3.63) is 53.1 Å². The van der Waals surface area contributed by atoms with Crippen molar-refractivity contribution < 1.29 is 23.8 Å². The van der Waals surface area contributed by atoms with Crippen LogP contribution in [0.15, 0.2) is 36.4 Å². The first-order chi connectivity index (χ1) is 13.1. The van der Waals surface area contributed by atoms with E-state index in [9.17, 15) is 9.59 Å². The molecule has 27 heavy (non-hydrogen) atoms. The zero-order chi connectivity index (χ0) is 18.8. The average Bonchev–Trinajstić information content (AvgIpc) is 3.14. The first kappa shape index (κ1) is 17.4. The van der Waals surface area contributed by atoms with E-state index < -0.39 is 0 Å². The van der Waals surface area contributed by atoms with Crippen LogP contribution < -0.4 is 14.8 Å². The second kappa shape index (κ2) is 7.28. The van der Waals surface area contributed by atoms with Gasteiger partial charge in [-0.15, -0.1) is 0 Å². The monoisotopic (exact) mass is 368 g/mol. The molecule has 0 spiro atoms. The molecule has 0 radical (unpaired) electrons. The lowest BCUT2D eigenvalue weighted by molar-refractivity contribution is -0.117. The zero-order valence-corrected chi connectivity index (χ0v) is 15.0. The van der Waals surface area contributed by atoms with Crippen molar-refractivity contribution in [3.8, 4) is 11.5 Å². The van der Waals surface area contributed by atoms with E-state index in [0.29, 0.717) is 42.3 Å². The highest BCUT2D eigenvalue weighted by Gasteiger charge is 2.23. The van der Waals surface area contributed by atoms with E-state index in [2.05, 4.69) is 10.2 Å². The lowest BCUT2D eigenvalue weighted by atomic mass is 9.94. The van der Waals surface area contributed by atoms with Gasteiger partial charge in [0, 0.05) is 24.8 Å².